The van der Waals surface area contributed by atoms with Crippen molar-refractivity contribution in [3.8, 4) is 0 Å². The second-order valence-electron chi connectivity index (χ2n) is 5.45. The van der Waals surface area contributed by atoms with E-state index in [-0.39, 0.29) is 0 Å². The molecule has 138 valence electrons. The third-order valence-electron chi connectivity index (χ3n) is 3.50. The standard InChI is InChI=1S/C21H24O5/c1-3-18(20(23)26-21(24)25-19(22)4-2)16-12-7-5-6-9-13-17-14-10-8-11-15-17/h4,8-11,13-16H,2-3,5-7,12H2,1H3. The van der Waals surface area contributed by atoms with Crippen LogP contribution in [0.3, 0.4) is 0 Å². The molecular weight excluding hydrogens is 332 g/mol. The Labute approximate surface area is 154 Å². The lowest BCUT2D eigenvalue weighted by atomic mass is 10.1. The van der Waals surface area contributed by atoms with Crippen LogP contribution in [0.5, 0.6) is 0 Å². The molecule has 0 N–H and O–H groups in total. The molecule has 0 radical (unpaired) electrons. The number of hydrogen-bond acceptors (Lipinski definition) is 5. The molecule has 5 nitrogen and oxygen atoms in total. The average Bonchev–Trinajstić information content (AvgIpc) is 2.64. The molecule has 1 aromatic rings. The van der Waals surface area contributed by atoms with Gasteiger partial charge >= 0.3 is 18.1 Å². The second-order valence-corrected chi connectivity index (χ2v) is 5.45. The minimum atomic E-state index is -1.34. The van der Waals surface area contributed by atoms with Crippen molar-refractivity contribution >= 4 is 24.2 Å². The minimum Gasteiger partial charge on any atom is -0.357 e. The fraction of sp³-hybridized carbons (Fsp3) is 0.286. The molecule has 0 saturated carbocycles. The Kier molecular flexibility index (Phi) is 10.1. The molecule has 0 aliphatic rings. The average molecular weight is 356 g/mol. The number of esters is 2. The van der Waals surface area contributed by atoms with Crippen LogP contribution >= 0.6 is 0 Å². The van der Waals surface area contributed by atoms with Crippen LogP contribution in [-0.4, -0.2) is 18.1 Å². The number of hydrogen-bond donors (Lipinski definition) is 0. The van der Waals surface area contributed by atoms with Gasteiger partial charge in [-0.05, 0) is 37.7 Å². The van der Waals surface area contributed by atoms with Gasteiger partial charge in [0.05, 0.1) is 0 Å². The van der Waals surface area contributed by atoms with Crippen LogP contribution in [-0.2, 0) is 19.1 Å². The lowest BCUT2D eigenvalue weighted by Gasteiger charge is -2.04. The quantitative estimate of drug-likeness (QED) is 0.270. The predicted molar refractivity (Wildman–Crippen MR) is 100 cm³/mol. The maximum atomic E-state index is 11.8. The highest BCUT2D eigenvalue weighted by Crippen LogP contribution is 2.10. The first-order valence-electron chi connectivity index (χ1n) is 8.57. The SMILES string of the molecule is C=CC(=O)OC(=O)OC(=O)C(=CCCCCC=Cc1ccccc1)CC. The van der Waals surface area contributed by atoms with Gasteiger partial charge in [0, 0.05) is 11.6 Å². The normalized spacial score (nSPS) is 11.2. The van der Waals surface area contributed by atoms with Gasteiger partial charge in [-0.3, -0.25) is 0 Å². The van der Waals surface area contributed by atoms with Crippen LogP contribution in [0.4, 0.5) is 4.79 Å². The summed E-state index contributed by atoms with van der Waals surface area (Å²) in [6, 6.07) is 10.1. The Morgan fingerprint density at radius 3 is 2.38 bits per heavy atom. The first-order chi connectivity index (χ1) is 12.6. The van der Waals surface area contributed by atoms with E-state index in [2.05, 4.69) is 28.2 Å². The molecule has 0 spiro atoms. The molecule has 0 heterocycles. The van der Waals surface area contributed by atoms with Crippen molar-refractivity contribution in [2.45, 2.75) is 39.0 Å². The molecule has 26 heavy (non-hydrogen) atoms. The molecule has 0 unspecified atom stereocenters. The van der Waals surface area contributed by atoms with Crippen molar-refractivity contribution in [1.82, 2.24) is 0 Å². The molecule has 0 aliphatic heterocycles. The summed E-state index contributed by atoms with van der Waals surface area (Å²) in [6.45, 7) is 4.94. The van der Waals surface area contributed by atoms with Crippen molar-refractivity contribution in [3.63, 3.8) is 0 Å². The van der Waals surface area contributed by atoms with Gasteiger partial charge in [-0.15, -0.1) is 0 Å². The summed E-state index contributed by atoms with van der Waals surface area (Å²) in [5, 5.41) is 0. The van der Waals surface area contributed by atoms with Gasteiger partial charge in [-0.1, -0.05) is 62.1 Å². The third-order valence-corrected chi connectivity index (χ3v) is 3.50. The predicted octanol–water partition coefficient (Wildman–Crippen LogP) is 4.99. The molecule has 1 rings (SSSR count). The zero-order valence-electron chi connectivity index (χ0n) is 15.0. The van der Waals surface area contributed by atoms with Crippen molar-refractivity contribution < 1.29 is 23.9 Å². The lowest BCUT2D eigenvalue weighted by Crippen LogP contribution is -2.17. The van der Waals surface area contributed by atoms with Crippen LogP contribution in [0.25, 0.3) is 6.08 Å². The molecule has 0 saturated heterocycles. The number of unbranched alkanes of at least 4 members (excludes halogenated alkanes) is 3. The molecule has 0 aromatic heterocycles. The number of carbonyl (C=O) groups is 3. The van der Waals surface area contributed by atoms with Crippen LogP contribution < -0.4 is 0 Å². The maximum absolute atomic E-state index is 11.8. The highest BCUT2D eigenvalue weighted by atomic mass is 16.8. The first-order valence-corrected chi connectivity index (χ1v) is 8.57. The van der Waals surface area contributed by atoms with E-state index in [0.29, 0.717) is 18.4 Å². The van der Waals surface area contributed by atoms with E-state index in [4.69, 9.17) is 0 Å². The Hall–Kier alpha value is -2.95. The number of allylic oxidation sites excluding steroid dienone is 2. The van der Waals surface area contributed by atoms with Crippen molar-refractivity contribution in [3.05, 3.63) is 66.3 Å². The molecule has 0 fully saturated rings. The Bertz CT molecular complexity index is 671. The van der Waals surface area contributed by atoms with E-state index in [1.807, 2.05) is 30.3 Å². The van der Waals surface area contributed by atoms with Crippen molar-refractivity contribution in [2.75, 3.05) is 0 Å². The van der Waals surface area contributed by atoms with Crippen LogP contribution in [0.2, 0.25) is 0 Å². The second kappa shape index (κ2) is 12.4. The summed E-state index contributed by atoms with van der Waals surface area (Å²) in [6.07, 6.45) is 9.42. The molecule has 0 amide bonds. The van der Waals surface area contributed by atoms with Gasteiger partial charge in [0.15, 0.2) is 0 Å². The zero-order valence-corrected chi connectivity index (χ0v) is 15.0. The van der Waals surface area contributed by atoms with Gasteiger partial charge in [-0.2, -0.15) is 0 Å². The van der Waals surface area contributed by atoms with Crippen LogP contribution in [0.1, 0.15) is 44.6 Å². The Morgan fingerprint density at radius 1 is 1.04 bits per heavy atom. The van der Waals surface area contributed by atoms with Gasteiger partial charge < -0.3 is 9.47 Å². The number of rotatable bonds is 9. The van der Waals surface area contributed by atoms with Gasteiger partial charge in [0.1, 0.15) is 0 Å². The lowest BCUT2D eigenvalue weighted by molar-refractivity contribution is -0.141. The molecule has 1 aromatic carbocycles. The fourth-order valence-electron chi connectivity index (χ4n) is 2.12. The van der Waals surface area contributed by atoms with Crippen molar-refractivity contribution in [1.29, 1.82) is 0 Å². The van der Waals surface area contributed by atoms with E-state index in [0.717, 1.165) is 25.3 Å². The zero-order chi connectivity index (χ0) is 19.2. The van der Waals surface area contributed by atoms with Crippen LogP contribution in [0.15, 0.2) is 60.7 Å². The number of carbonyl (C=O) groups excluding carboxylic acids is 3. The highest BCUT2D eigenvalue weighted by Gasteiger charge is 2.17. The van der Waals surface area contributed by atoms with E-state index >= 15 is 0 Å². The molecule has 0 bridgehead atoms. The summed E-state index contributed by atoms with van der Waals surface area (Å²) in [5.41, 5.74) is 1.55. The third kappa shape index (κ3) is 8.78. The van der Waals surface area contributed by atoms with Gasteiger partial charge in [-0.25, -0.2) is 14.4 Å². The molecular formula is C21H24O5. The molecule has 0 aliphatic carbocycles. The number of ether oxygens (including phenoxy) is 2. The molecule has 5 heteroatoms. The largest absolute Gasteiger partial charge is 0.524 e. The number of benzene rings is 1. The minimum absolute atomic E-state index is 0.382. The van der Waals surface area contributed by atoms with E-state index < -0.39 is 18.1 Å². The Balaban J connectivity index is 2.31. The van der Waals surface area contributed by atoms with Crippen molar-refractivity contribution in [2.24, 2.45) is 0 Å². The maximum Gasteiger partial charge on any atom is 0.524 e. The molecule has 0 atom stereocenters. The fourth-order valence-corrected chi connectivity index (χ4v) is 2.12. The Morgan fingerprint density at radius 2 is 1.73 bits per heavy atom. The van der Waals surface area contributed by atoms with Gasteiger partial charge in [0.25, 0.3) is 0 Å². The van der Waals surface area contributed by atoms with E-state index in [1.54, 1.807) is 13.0 Å². The summed E-state index contributed by atoms with van der Waals surface area (Å²) >= 11 is 0. The summed E-state index contributed by atoms with van der Waals surface area (Å²) in [7, 11) is 0. The first kappa shape index (κ1) is 21.1. The monoisotopic (exact) mass is 356 g/mol. The summed E-state index contributed by atoms with van der Waals surface area (Å²) < 4.78 is 8.67. The van der Waals surface area contributed by atoms with Crippen LogP contribution in [0, 0.1) is 0 Å². The smallest absolute Gasteiger partial charge is 0.357 e. The van der Waals surface area contributed by atoms with E-state index in [1.165, 1.54) is 5.56 Å². The topological polar surface area (TPSA) is 69.7 Å². The van der Waals surface area contributed by atoms with E-state index in [9.17, 15) is 14.4 Å². The highest BCUT2D eigenvalue weighted by molar-refractivity contribution is 5.97. The van der Waals surface area contributed by atoms with Gasteiger partial charge in [0.2, 0.25) is 0 Å². The summed E-state index contributed by atoms with van der Waals surface area (Å²) in [5.74, 6) is -1.76. The summed E-state index contributed by atoms with van der Waals surface area (Å²) in [4.78, 5) is 33.9.